The molecule has 0 spiro atoms. The summed E-state index contributed by atoms with van der Waals surface area (Å²) in [5.74, 6) is 1.25. The molecule has 0 atom stereocenters. The SMILES string of the molecule is CCOC(=O)c1ccc(-n2nnnc2C2(Nc3ccc(OC)cc3)CCCCC2)cc1. The van der Waals surface area contributed by atoms with Gasteiger partial charge in [0.25, 0.3) is 0 Å². The summed E-state index contributed by atoms with van der Waals surface area (Å²) >= 11 is 0. The molecule has 1 aliphatic rings. The van der Waals surface area contributed by atoms with E-state index in [1.165, 1.54) is 6.42 Å². The minimum atomic E-state index is -0.379. The summed E-state index contributed by atoms with van der Waals surface area (Å²) in [5.41, 5.74) is 1.92. The lowest BCUT2D eigenvalue weighted by Gasteiger charge is -2.37. The number of anilines is 1. The first-order valence-corrected chi connectivity index (χ1v) is 10.6. The van der Waals surface area contributed by atoms with Gasteiger partial charge in [-0.3, -0.25) is 0 Å². The van der Waals surface area contributed by atoms with Crippen molar-refractivity contribution >= 4 is 11.7 Å². The van der Waals surface area contributed by atoms with Gasteiger partial charge in [-0.2, -0.15) is 4.68 Å². The van der Waals surface area contributed by atoms with E-state index in [4.69, 9.17) is 9.47 Å². The topological polar surface area (TPSA) is 91.2 Å². The number of nitrogens with zero attached hydrogens (tertiary/aromatic N) is 4. The molecule has 8 heteroatoms. The molecular weight excluding hydrogens is 394 g/mol. The van der Waals surface area contributed by atoms with Gasteiger partial charge >= 0.3 is 5.97 Å². The predicted molar refractivity (Wildman–Crippen MR) is 116 cm³/mol. The van der Waals surface area contributed by atoms with Crippen LogP contribution in [0, 0.1) is 0 Å². The van der Waals surface area contributed by atoms with Crippen molar-refractivity contribution in [2.24, 2.45) is 0 Å². The number of carbonyl (C=O) groups excluding carboxylic acids is 1. The Morgan fingerprint density at radius 1 is 1.06 bits per heavy atom. The van der Waals surface area contributed by atoms with E-state index in [0.717, 1.165) is 48.6 Å². The summed E-state index contributed by atoms with van der Waals surface area (Å²) in [6.45, 7) is 2.14. The molecule has 31 heavy (non-hydrogen) atoms. The van der Waals surface area contributed by atoms with Gasteiger partial charge in [0.1, 0.15) is 5.75 Å². The zero-order chi connectivity index (χ0) is 21.7. The number of esters is 1. The highest BCUT2D eigenvalue weighted by Gasteiger charge is 2.39. The van der Waals surface area contributed by atoms with Crippen molar-refractivity contribution in [1.29, 1.82) is 0 Å². The summed E-state index contributed by atoms with van der Waals surface area (Å²) in [4.78, 5) is 12.0. The summed E-state index contributed by atoms with van der Waals surface area (Å²) in [6, 6.07) is 15.1. The molecular formula is C23H27N5O3. The lowest BCUT2D eigenvalue weighted by atomic mass is 9.80. The predicted octanol–water partition coefficient (Wildman–Crippen LogP) is 4.12. The molecule has 8 nitrogen and oxygen atoms in total. The van der Waals surface area contributed by atoms with Gasteiger partial charge in [-0.15, -0.1) is 5.10 Å². The molecule has 2 aromatic carbocycles. The molecule has 0 aliphatic heterocycles. The average Bonchev–Trinajstić information content (AvgIpc) is 3.31. The maximum absolute atomic E-state index is 12.0. The molecule has 162 valence electrons. The molecule has 4 rings (SSSR count). The Balaban J connectivity index is 1.66. The number of tetrazole rings is 1. The van der Waals surface area contributed by atoms with E-state index in [2.05, 4.69) is 20.8 Å². The second kappa shape index (κ2) is 9.16. The second-order valence-corrected chi connectivity index (χ2v) is 7.68. The van der Waals surface area contributed by atoms with E-state index in [1.54, 1.807) is 30.8 Å². The number of methoxy groups -OCH3 is 1. The molecule has 0 saturated heterocycles. The highest BCUT2D eigenvalue weighted by atomic mass is 16.5. The van der Waals surface area contributed by atoms with Gasteiger partial charge in [-0.25, -0.2) is 4.79 Å². The van der Waals surface area contributed by atoms with Crippen LogP contribution in [0.5, 0.6) is 5.75 Å². The van der Waals surface area contributed by atoms with Crippen LogP contribution >= 0.6 is 0 Å². The number of carbonyl (C=O) groups is 1. The number of benzene rings is 2. The number of nitrogens with one attached hydrogen (secondary N) is 1. The van der Waals surface area contributed by atoms with Crippen LogP contribution in [0.3, 0.4) is 0 Å². The summed E-state index contributed by atoms with van der Waals surface area (Å²) in [5, 5.41) is 16.4. The molecule has 1 aliphatic carbocycles. The van der Waals surface area contributed by atoms with E-state index in [0.29, 0.717) is 12.2 Å². The number of hydrogen-bond donors (Lipinski definition) is 1. The van der Waals surface area contributed by atoms with Crippen molar-refractivity contribution in [1.82, 2.24) is 20.2 Å². The Morgan fingerprint density at radius 3 is 2.42 bits per heavy atom. The number of aromatic nitrogens is 4. The first kappa shape index (κ1) is 20.8. The fourth-order valence-electron chi connectivity index (χ4n) is 4.12. The normalized spacial score (nSPS) is 15.3. The van der Waals surface area contributed by atoms with Gasteiger partial charge in [0.05, 0.1) is 30.5 Å². The molecule has 1 N–H and O–H groups in total. The van der Waals surface area contributed by atoms with Gasteiger partial charge in [-0.05, 0) is 78.7 Å². The maximum atomic E-state index is 12.0. The molecule has 0 unspecified atom stereocenters. The van der Waals surface area contributed by atoms with E-state index in [1.807, 2.05) is 36.4 Å². The van der Waals surface area contributed by atoms with Crippen LogP contribution in [0.4, 0.5) is 5.69 Å². The van der Waals surface area contributed by atoms with Crippen molar-refractivity contribution in [2.75, 3.05) is 19.0 Å². The Bertz CT molecular complexity index is 1010. The molecule has 0 amide bonds. The average molecular weight is 422 g/mol. The van der Waals surface area contributed by atoms with Crippen molar-refractivity contribution in [2.45, 2.75) is 44.6 Å². The maximum Gasteiger partial charge on any atom is 0.338 e. The van der Waals surface area contributed by atoms with Crippen LogP contribution in [0.1, 0.15) is 55.2 Å². The van der Waals surface area contributed by atoms with E-state index in [9.17, 15) is 4.79 Å². The molecule has 1 aromatic heterocycles. The van der Waals surface area contributed by atoms with Crippen LogP contribution < -0.4 is 10.1 Å². The zero-order valence-corrected chi connectivity index (χ0v) is 17.9. The number of rotatable bonds is 7. The first-order chi connectivity index (χ1) is 15.1. The third-order valence-electron chi connectivity index (χ3n) is 5.70. The van der Waals surface area contributed by atoms with Crippen molar-refractivity contribution in [3.8, 4) is 11.4 Å². The smallest absolute Gasteiger partial charge is 0.338 e. The molecule has 3 aromatic rings. The van der Waals surface area contributed by atoms with E-state index >= 15 is 0 Å². The first-order valence-electron chi connectivity index (χ1n) is 10.6. The standard InChI is InChI=1S/C23H27N5O3/c1-3-31-21(29)17-7-11-19(12-8-17)28-22(25-26-27-28)23(15-5-4-6-16-23)24-18-9-13-20(30-2)14-10-18/h7-14,24H,3-6,15-16H2,1-2H3. The van der Waals surface area contributed by atoms with Crippen LogP contribution in [0.2, 0.25) is 0 Å². The van der Waals surface area contributed by atoms with Crippen molar-refractivity contribution in [3.05, 3.63) is 59.9 Å². The monoisotopic (exact) mass is 421 g/mol. The third-order valence-corrected chi connectivity index (χ3v) is 5.70. The highest BCUT2D eigenvalue weighted by molar-refractivity contribution is 5.89. The highest BCUT2D eigenvalue weighted by Crippen LogP contribution is 2.39. The Kier molecular flexibility index (Phi) is 6.16. The number of ether oxygens (including phenoxy) is 2. The quantitative estimate of drug-likeness (QED) is 0.574. The van der Waals surface area contributed by atoms with E-state index < -0.39 is 0 Å². The third kappa shape index (κ3) is 4.38. The van der Waals surface area contributed by atoms with Crippen molar-refractivity contribution in [3.63, 3.8) is 0 Å². The Labute approximate surface area is 181 Å². The fourth-order valence-corrected chi connectivity index (χ4v) is 4.12. The minimum Gasteiger partial charge on any atom is -0.497 e. The molecule has 0 radical (unpaired) electrons. The Hall–Kier alpha value is -3.42. The largest absolute Gasteiger partial charge is 0.497 e. The van der Waals surface area contributed by atoms with Crippen LogP contribution in [0.25, 0.3) is 5.69 Å². The second-order valence-electron chi connectivity index (χ2n) is 7.68. The minimum absolute atomic E-state index is 0.337. The van der Waals surface area contributed by atoms with Gasteiger partial charge < -0.3 is 14.8 Å². The van der Waals surface area contributed by atoms with Crippen LogP contribution in [0.15, 0.2) is 48.5 Å². The van der Waals surface area contributed by atoms with Gasteiger partial charge in [-0.1, -0.05) is 19.3 Å². The van der Waals surface area contributed by atoms with Gasteiger partial charge in [0.2, 0.25) is 0 Å². The molecule has 0 bridgehead atoms. The summed E-state index contributed by atoms with van der Waals surface area (Å²) < 4.78 is 12.1. The van der Waals surface area contributed by atoms with Gasteiger partial charge in [0.15, 0.2) is 5.82 Å². The lowest BCUT2D eigenvalue weighted by molar-refractivity contribution is 0.0526. The number of hydrogen-bond acceptors (Lipinski definition) is 7. The molecule has 1 heterocycles. The molecule has 1 saturated carbocycles. The Morgan fingerprint density at radius 2 is 1.77 bits per heavy atom. The zero-order valence-electron chi connectivity index (χ0n) is 17.9. The van der Waals surface area contributed by atoms with E-state index in [-0.39, 0.29) is 11.5 Å². The fraction of sp³-hybridized carbons (Fsp3) is 0.391. The van der Waals surface area contributed by atoms with Crippen LogP contribution in [-0.2, 0) is 10.3 Å². The summed E-state index contributed by atoms with van der Waals surface area (Å²) in [7, 11) is 1.66. The lowest BCUT2D eigenvalue weighted by Crippen LogP contribution is -2.40. The van der Waals surface area contributed by atoms with Gasteiger partial charge in [0, 0.05) is 5.69 Å². The van der Waals surface area contributed by atoms with Crippen molar-refractivity contribution < 1.29 is 14.3 Å². The molecule has 1 fully saturated rings. The summed E-state index contributed by atoms with van der Waals surface area (Å²) in [6.07, 6.45) is 5.25. The van der Waals surface area contributed by atoms with Crippen LogP contribution in [-0.4, -0.2) is 39.9 Å².